The number of aromatic nitrogens is 1. The number of H-pyrrole nitrogens is 1. The fraction of sp³-hybridized carbons (Fsp3) is 0.583. The minimum atomic E-state index is 0.165. The van der Waals surface area contributed by atoms with Crippen molar-refractivity contribution in [3.05, 3.63) is 24.0 Å². The van der Waals surface area contributed by atoms with Crippen molar-refractivity contribution < 1.29 is 4.79 Å². The summed E-state index contributed by atoms with van der Waals surface area (Å²) in [5.74, 6) is 0.861. The first-order chi connectivity index (χ1) is 7.75. The minimum Gasteiger partial charge on any atom is -0.359 e. The van der Waals surface area contributed by atoms with Gasteiger partial charge in [-0.3, -0.25) is 9.69 Å². The van der Waals surface area contributed by atoms with Gasteiger partial charge in [0.25, 0.3) is 0 Å². The first-order valence-corrected chi connectivity index (χ1v) is 5.81. The quantitative estimate of drug-likeness (QED) is 0.721. The minimum absolute atomic E-state index is 0.165. The summed E-state index contributed by atoms with van der Waals surface area (Å²) in [6, 6.07) is 3.68. The molecule has 1 aliphatic heterocycles. The maximum atomic E-state index is 11.8. The number of likely N-dealkylation sites (N-methyl/N-ethyl adjacent to an activating group) is 1. The molecule has 2 rings (SSSR count). The number of Topliss-reactive ketones (excluding diaryl/α,β-unsaturated/α-hetero) is 1. The zero-order valence-electron chi connectivity index (χ0n) is 9.70. The van der Waals surface area contributed by atoms with Gasteiger partial charge in [0.15, 0.2) is 5.78 Å². The molecule has 0 amide bonds. The largest absolute Gasteiger partial charge is 0.359 e. The van der Waals surface area contributed by atoms with E-state index in [2.05, 4.69) is 15.2 Å². The van der Waals surface area contributed by atoms with Gasteiger partial charge in [-0.25, -0.2) is 0 Å². The van der Waals surface area contributed by atoms with Gasteiger partial charge in [0, 0.05) is 12.7 Å². The number of nitrogens with one attached hydrogen (secondary N) is 2. The Balaban J connectivity index is 1.78. The molecule has 0 bridgehead atoms. The van der Waals surface area contributed by atoms with Crippen molar-refractivity contribution in [2.75, 3.05) is 33.2 Å². The maximum absolute atomic E-state index is 11.8. The molecule has 1 saturated heterocycles. The summed E-state index contributed by atoms with van der Waals surface area (Å²) in [6.07, 6.45) is 3.01. The molecule has 16 heavy (non-hydrogen) atoms. The molecule has 1 aromatic rings. The molecule has 1 aliphatic rings. The summed E-state index contributed by atoms with van der Waals surface area (Å²) in [4.78, 5) is 16.9. The van der Waals surface area contributed by atoms with Crippen LogP contribution >= 0.6 is 0 Å². The SMILES string of the molecule is CN(CC(=O)c1ccc[nH]1)CC1CCNC1. The lowest BCUT2D eigenvalue weighted by Crippen LogP contribution is -2.31. The normalized spacial score (nSPS) is 20.5. The lowest BCUT2D eigenvalue weighted by Gasteiger charge is -2.19. The second-order valence-corrected chi connectivity index (χ2v) is 4.56. The molecule has 0 radical (unpaired) electrons. The van der Waals surface area contributed by atoms with Gasteiger partial charge in [0.2, 0.25) is 0 Å². The van der Waals surface area contributed by atoms with Crippen LogP contribution in [-0.4, -0.2) is 48.9 Å². The topological polar surface area (TPSA) is 48.1 Å². The molecular weight excluding hydrogens is 202 g/mol. The second kappa shape index (κ2) is 5.27. The molecule has 2 N–H and O–H groups in total. The van der Waals surface area contributed by atoms with E-state index < -0.39 is 0 Å². The highest BCUT2D eigenvalue weighted by Gasteiger charge is 2.18. The fourth-order valence-corrected chi connectivity index (χ4v) is 2.21. The highest BCUT2D eigenvalue weighted by atomic mass is 16.1. The number of hydrogen-bond donors (Lipinski definition) is 2. The predicted molar refractivity (Wildman–Crippen MR) is 63.6 cm³/mol. The maximum Gasteiger partial charge on any atom is 0.192 e. The molecule has 0 spiro atoms. The van der Waals surface area contributed by atoms with Crippen molar-refractivity contribution in [2.24, 2.45) is 5.92 Å². The molecule has 0 saturated carbocycles. The molecule has 0 aromatic carbocycles. The van der Waals surface area contributed by atoms with Crippen LogP contribution in [0.1, 0.15) is 16.9 Å². The van der Waals surface area contributed by atoms with E-state index in [4.69, 9.17) is 0 Å². The predicted octanol–water partition coefficient (Wildman–Crippen LogP) is 0.739. The van der Waals surface area contributed by atoms with Crippen LogP contribution in [0.3, 0.4) is 0 Å². The Hall–Kier alpha value is -1.13. The number of rotatable bonds is 5. The van der Waals surface area contributed by atoms with Gasteiger partial charge < -0.3 is 10.3 Å². The van der Waals surface area contributed by atoms with Crippen molar-refractivity contribution in [3.8, 4) is 0 Å². The molecule has 2 heterocycles. The van der Waals surface area contributed by atoms with Crippen molar-refractivity contribution in [3.63, 3.8) is 0 Å². The van der Waals surface area contributed by atoms with E-state index in [0.717, 1.165) is 19.6 Å². The zero-order chi connectivity index (χ0) is 11.4. The van der Waals surface area contributed by atoms with Gasteiger partial charge in [0.05, 0.1) is 12.2 Å². The van der Waals surface area contributed by atoms with Gasteiger partial charge >= 0.3 is 0 Å². The summed E-state index contributed by atoms with van der Waals surface area (Å²) in [5.41, 5.74) is 0.705. The lowest BCUT2D eigenvalue weighted by atomic mass is 10.1. The molecule has 88 valence electrons. The molecule has 4 heteroatoms. The van der Waals surface area contributed by atoms with Crippen LogP contribution in [0.2, 0.25) is 0 Å². The highest BCUT2D eigenvalue weighted by molar-refractivity contribution is 5.95. The Morgan fingerprint density at radius 3 is 3.12 bits per heavy atom. The van der Waals surface area contributed by atoms with E-state index in [1.54, 1.807) is 6.20 Å². The van der Waals surface area contributed by atoms with Crippen LogP contribution in [0.15, 0.2) is 18.3 Å². The highest BCUT2D eigenvalue weighted by Crippen LogP contribution is 2.09. The first-order valence-electron chi connectivity index (χ1n) is 5.81. The molecule has 1 unspecified atom stereocenters. The second-order valence-electron chi connectivity index (χ2n) is 4.56. The molecule has 1 atom stereocenters. The molecule has 1 fully saturated rings. The summed E-state index contributed by atoms with van der Waals surface area (Å²) < 4.78 is 0. The van der Waals surface area contributed by atoms with Crippen LogP contribution in [0.4, 0.5) is 0 Å². The summed E-state index contributed by atoms with van der Waals surface area (Å²) in [5, 5.41) is 3.34. The van der Waals surface area contributed by atoms with Crippen LogP contribution in [-0.2, 0) is 0 Å². The fourth-order valence-electron chi connectivity index (χ4n) is 2.21. The third-order valence-electron chi connectivity index (χ3n) is 3.04. The Morgan fingerprint density at radius 2 is 2.50 bits per heavy atom. The van der Waals surface area contributed by atoms with Crippen molar-refractivity contribution in [1.82, 2.24) is 15.2 Å². The molecular formula is C12H19N3O. The smallest absolute Gasteiger partial charge is 0.192 e. The average molecular weight is 221 g/mol. The summed E-state index contributed by atoms with van der Waals surface area (Å²) >= 11 is 0. The van der Waals surface area contributed by atoms with Crippen molar-refractivity contribution in [1.29, 1.82) is 0 Å². The number of nitrogens with zero attached hydrogens (tertiary/aromatic N) is 1. The Labute approximate surface area is 96.0 Å². The van der Waals surface area contributed by atoms with E-state index >= 15 is 0 Å². The number of carbonyl (C=O) groups excluding carboxylic acids is 1. The number of carbonyl (C=O) groups is 1. The summed E-state index contributed by atoms with van der Waals surface area (Å²) in [7, 11) is 2.01. The van der Waals surface area contributed by atoms with Crippen LogP contribution < -0.4 is 5.32 Å². The van der Waals surface area contributed by atoms with Gasteiger partial charge in [0.1, 0.15) is 0 Å². The molecule has 4 nitrogen and oxygen atoms in total. The van der Waals surface area contributed by atoms with Gasteiger partial charge in [-0.2, -0.15) is 0 Å². The Bertz CT molecular complexity index is 328. The average Bonchev–Trinajstić information content (AvgIpc) is 2.88. The number of aromatic amines is 1. The third-order valence-corrected chi connectivity index (χ3v) is 3.04. The molecule has 1 aromatic heterocycles. The standard InChI is InChI=1S/C12H19N3O/c1-15(8-10-4-6-13-7-10)9-12(16)11-3-2-5-14-11/h2-3,5,10,13-14H,4,6-9H2,1H3. The van der Waals surface area contributed by atoms with Gasteiger partial charge in [-0.05, 0) is 44.6 Å². The van der Waals surface area contributed by atoms with Gasteiger partial charge in [-0.1, -0.05) is 0 Å². The van der Waals surface area contributed by atoms with Crippen LogP contribution in [0, 0.1) is 5.92 Å². The van der Waals surface area contributed by atoms with Crippen LogP contribution in [0.5, 0.6) is 0 Å². The zero-order valence-corrected chi connectivity index (χ0v) is 9.70. The van der Waals surface area contributed by atoms with E-state index in [1.807, 2.05) is 19.2 Å². The van der Waals surface area contributed by atoms with E-state index in [9.17, 15) is 4.79 Å². The first kappa shape index (κ1) is 11.4. The number of ketones is 1. The van der Waals surface area contributed by atoms with Gasteiger partial charge in [-0.15, -0.1) is 0 Å². The Morgan fingerprint density at radius 1 is 1.62 bits per heavy atom. The Kier molecular flexibility index (Phi) is 3.74. The molecule has 0 aliphatic carbocycles. The van der Waals surface area contributed by atoms with E-state index in [1.165, 1.54) is 6.42 Å². The van der Waals surface area contributed by atoms with E-state index in [0.29, 0.717) is 18.2 Å². The summed E-state index contributed by atoms with van der Waals surface area (Å²) in [6.45, 7) is 3.70. The van der Waals surface area contributed by atoms with Crippen molar-refractivity contribution in [2.45, 2.75) is 6.42 Å². The van der Waals surface area contributed by atoms with E-state index in [-0.39, 0.29) is 5.78 Å². The third kappa shape index (κ3) is 2.93. The monoisotopic (exact) mass is 221 g/mol. The number of hydrogen-bond acceptors (Lipinski definition) is 3. The van der Waals surface area contributed by atoms with Crippen molar-refractivity contribution >= 4 is 5.78 Å². The lowest BCUT2D eigenvalue weighted by molar-refractivity contribution is 0.0935. The van der Waals surface area contributed by atoms with Crippen LogP contribution in [0.25, 0.3) is 0 Å².